The molecule has 5 heteroatoms. The average molecular weight is 362 g/mol. The van der Waals surface area contributed by atoms with Gasteiger partial charge in [-0.25, -0.2) is 4.79 Å². The van der Waals surface area contributed by atoms with E-state index < -0.39 is 12.3 Å². The molecule has 5 atom stereocenters. The molecule has 0 aromatic rings. The number of ether oxygens (including phenoxy) is 2. The Balaban J connectivity index is 1.84. The van der Waals surface area contributed by atoms with E-state index in [-0.39, 0.29) is 34.4 Å². The maximum Gasteiger partial charge on any atom is 0.348 e. The Hall–Kier alpha value is -1.62. The van der Waals surface area contributed by atoms with Crippen molar-refractivity contribution < 1.29 is 24.2 Å². The van der Waals surface area contributed by atoms with E-state index in [2.05, 4.69) is 33.8 Å². The van der Waals surface area contributed by atoms with E-state index in [4.69, 9.17) is 9.47 Å². The molecule has 0 aromatic carbocycles. The Labute approximate surface area is 155 Å². The number of ketones is 1. The summed E-state index contributed by atoms with van der Waals surface area (Å²) >= 11 is 0. The molecule has 1 aliphatic heterocycles. The number of allylic oxidation sites excluding steroid dienone is 2. The molecule has 1 N–H and O–H groups in total. The third-order valence-corrected chi connectivity index (χ3v) is 7.52. The SMILES string of the molecule is COC1=C(C(=O)C[C@@]2(C)CC[C@]3(C)C(C)=CCC[C@H]3[C@H]2C)C(=O)O[C@@H]1O. The molecule has 0 radical (unpaired) electrons. The molecule has 0 amide bonds. The van der Waals surface area contributed by atoms with E-state index in [0.29, 0.717) is 11.8 Å². The van der Waals surface area contributed by atoms with E-state index in [1.165, 1.54) is 12.7 Å². The van der Waals surface area contributed by atoms with E-state index in [9.17, 15) is 14.7 Å². The Kier molecular flexibility index (Phi) is 4.80. The van der Waals surface area contributed by atoms with Crippen LogP contribution in [0.25, 0.3) is 0 Å². The zero-order chi connectivity index (χ0) is 19.3. The largest absolute Gasteiger partial charge is 0.494 e. The van der Waals surface area contributed by atoms with Crippen molar-refractivity contribution in [1.29, 1.82) is 0 Å². The number of hydrogen-bond donors (Lipinski definition) is 1. The third-order valence-electron chi connectivity index (χ3n) is 7.52. The molecule has 0 saturated heterocycles. The number of carbonyl (C=O) groups excluding carboxylic acids is 2. The van der Waals surface area contributed by atoms with Gasteiger partial charge in [0.25, 0.3) is 6.29 Å². The molecule has 26 heavy (non-hydrogen) atoms. The molecular formula is C21H30O5. The van der Waals surface area contributed by atoms with E-state index in [1.807, 2.05) is 0 Å². The van der Waals surface area contributed by atoms with Gasteiger partial charge in [-0.3, -0.25) is 4.79 Å². The molecule has 0 spiro atoms. The summed E-state index contributed by atoms with van der Waals surface area (Å²) in [5, 5.41) is 9.73. The molecule has 144 valence electrons. The number of rotatable bonds is 4. The first-order valence-electron chi connectivity index (χ1n) is 9.51. The van der Waals surface area contributed by atoms with Crippen molar-refractivity contribution in [3.8, 4) is 0 Å². The summed E-state index contributed by atoms with van der Waals surface area (Å²) in [5.41, 5.74) is 1.38. The van der Waals surface area contributed by atoms with Gasteiger partial charge in [-0.2, -0.15) is 0 Å². The fraction of sp³-hybridized carbons (Fsp3) is 0.714. The van der Waals surface area contributed by atoms with Crippen molar-refractivity contribution >= 4 is 11.8 Å². The van der Waals surface area contributed by atoms with E-state index in [1.54, 1.807) is 0 Å². The quantitative estimate of drug-likeness (QED) is 0.471. The second-order valence-corrected chi connectivity index (χ2v) is 8.73. The van der Waals surface area contributed by atoms with Crippen molar-refractivity contribution in [3.63, 3.8) is 0 Å². The lowest BCUT2D eigenvalue weighted by atomic mass is 9.49. The van der Waals surface area contributed by atoms with Gasteiger partial charge in [0.05, 0.1) is 7.11 Å². The number of aliphatic hydroxyl groups excluding tert-OH is 1. The van der Waals surface area contributed by atoms with Gasteiger partial charge in [-0.1, -0.05) is 32.4 Å². The summed E-state index contributed by atoms with van der Waals surface area (Å²) < 4.78 is 9.80. The molecule has 5 nitrogen and oxygen atoms in total. The lowest BCUT2D eigenvalue weighted by Crippen LogP contribution is -2.48. The van der Waals surface area contributed by atoms with Crippen LogP contribution in [0.1, 0.15) is 59.8 Å². The van der Waals surface area contributed by atoms with Gasteiger partial charge in [-0.15, -0.1) is 0 Å². The molecule has 1 heterocycles. The fourth-order valence-corrected chi connectivity index (χ4v) is 5.36. The lowest BCUT2D eigenvalue weighted by Gasteiger charge is -2.55. The fourth-order valence-electron chi connectivity index (χ4n) is 5.36. The molecule has 1 fully saturated rings. The zero-order valence-corrected chi connectivity index (χ0v) is 16.4. The predicted octanol–water partition coefficient (Wildman–Crippen LogP) is 3.52. The first-order valence-corrected chi connectivity index (χ1v) is 9.51. The highest BCUT2D eigenvalue weighted by atomic mass is 16.7. The first kappa shape index (κ1) is 19.2. The smallest absolute Gasteiger partial charge is 0.348 e. The average Bonchev–Trinajstić information content (AvgIpc) is 2.87. The minimum absolute atomic E-state index is 0.0617. The highest BCUT2D eigenvalue weighted by molar-refractivity contribution is 6.19. The highest BCUT2D eigenvalue weighted by Gasteiger charge is 2.52. The maximum atomic E-state index is 12.9. The highest BCUT2D eigenvalue weighted by Crippen LogP contribution is 2.59. The number of cyclic esters (lactones) is 1. The number of carbonyl (C=O) groups is 2. The van der Waals surface area contributed by atoms with Crippen molar-refractivity contribution in [3.05, 3.63) is 23.0 Å². The number of esters is 1. The standard InChI is InChI=1S/C21H30O5/c1-12-7-6-8-14-13(2)20(3,9-10-21(12,14)4)11-15(22)16-17(25-5)19(24)26-18(16)23/h7,13-14,19,24H,6,8-11H2,1-5H3/t13-,14+,19+,20-,21-/m1/s1. The summed E-state index contributed by atoms with van der Waals surface area (Å²) in [4.78, 5) is 24.9. The molecular weight excluding hydrogens is 332 g/mol. The van der Waals surface area contributed by atoms with Crippen LogP contribution in [-0.4, -0.2) is 30.3 Å². The lowest BCUT2D eigenvalue weighted by molar-refractivity contribution is -0.154. The molecule has 2 aliphatic carbocycles. The van der Waals surface area contributed by atoms with Crippen LogP contribution in [0, 0.1) is 22.7 Å². The number of methoxy groups -OCH3 is 1. The van der Waals surface area contributed by atoms with Crippen LogP contribution in [0.4, 0.5) is 0 Å². The van der Waals surface area contributed by atoms with Crippen LogP contribution in [0.2, 0.25) is 0 Å². The maximum absolute atomic E-state index is 12.9. The second-order valence-electron chi connectivity index (χ2n) is 8.73. The van der Waals surface area contributed by atoms with Gasteiger partial charge in [0.2, 0.25) is 0 Å². The molecule has 3 aliphatic rings. The van der Waals surface area contributed by atoms with Crippen LogP contribution >= 0.6 is 0 Å². The summed E-state index contributed by atoms with van der Waals surface area (Å²) in [6, 6.07) is 0. The van der Waals surface area contributed by atoms with Crippen LogP contribution in [0.15, 0.2) is 23.0 Å². The summed E-state index contributed by atoms with van der Waals surface area (Å²) in [6.07, 6.45) is 5.39. The van der Waals surface area contributed by atoms with Gasteiger partial charge in [0.1, 0.15) is 5.57 Å². The van der Waals surface area contributed by atoms with Gasteiger partial charge in [0.15, 0.2) is 11.5 Å². The van der Waals surface area contributed by atoms with Crippen LogP contribution in [0.3, 0.4) is 0 Å². The Morgan fingerprint density at radius 2 is 2.08 bits per heavy atom. The van der Waals surface area contributed by atoms with Crippen molar-refractivity contribution in [2.24, 2.45) is 22.7 Å². The van der Waals surface area contributed by atoms with Gasteiger partial charge >= 0.3 is 5.97 Å². The summed E-state index contributed by atoms with van der Waals surface area (Å²) in [6.45, 7) is 9.00. The Morgan fingerprint density at radius 3 is 2.73 bits per heavy atom. The summed E-state index contributed by atoms with van der Waals surface area (Å²) in [5.74, 6) is -0.232. The monoisotopic (exact) mass is 362 g/mol. The van der Waals surface area contributed by atoms with E-state index >= 15 is 0 Å². The summed E-state index contributed by atoms with van der Waals surface area (Å²) in [7, 11) is 1.33. The number of fused-ring (bicyclic) bond motifs is 1. The van der Waals surface area contributed by atoms with Crippen LogP contribution < -0.4 is 0 Å². The van der Waals surface area contributed by atoms with Crippen molar-refractivity contribution in [2.45, 2.75) is 66.1 Å². The predicted molar refractivity (Wildman–Crippen MR) is 96.9 cm³/mol. The van der Waals surface area contributed by atoms with Crippen molar-refractivity contribution in [2.75, 3.05) is 7.11 Å². The van der Waals surface area contributed by atoms with Gasteiger partial charge < -0.3 is 14.6 Å². The Morgan fingerprint density at radius 1 is 1.38 bits per heavy atom. The first-order chi connectivity index (χ1) is 12.1. The molecule has 3 rings (SSSR count). The molecule has 0 bridgehead atoms. The third kappa shape index (κ3) is 2.81. The van der Waals surface area contributed by atoms with Gasteiger partial charge in [-0.05, 0) is 55.3 Å². The van der Waals surface area contributed by atoms with Crippen molar-refractivity contribution in [1.82, 2.24) is 0 Å². The molecule has 0 unspecified atom stereocenters. The topological polar surface area (TPSA) is 72.8 Å². The normalized spacial score (nSPS) is 40.0. The Bertz CT molecular complexity index is 691. The van der Waals surface area contributed by atoms with E-state index in [0.717, 1.165) is 25.7 Å². The van der Waals surface area contributed by atoms with Crippen LogP contribution in [0.5, 0.6) is 0 Å². The minimum atomic E-state index is -1.47. The molecule has 1 saturated carbocycles. The second kappa shape index (κ2) is 6.52. The number of Topliss-reactive ketones (excluding diaryl/α,β-unsaturated/α-hetero) is 1. The zero-order valence-electron chi connectivity index (χ0n) is 16.4. The number of hydrogen-bond acceptors (Lipinski definition) is 5. The minimum Gasteiger partial charge on any atom is -0.494 e. The molecule has 0 aromatic heterocycles. The van der Waals surface area contributed by atoms with Gasteiger partial charge in [0, 0.05) is 6.42 Å². The van der Waals surface area contributed by atoms with Crippen LogP contribution in [-0.2, 0) is 19.1 Å². The number of aliphatic hydroxyl groups is 1.